The van der Waals surface area contributed by atoms with Crippen LogP contribution in [0, 0.1) is 6.92 Å². The minimum atomic E-state index is -0.264. The molecule has 2 N–H and O–H groups in total. The van der Waals surface area contributed by atoms with Crippen LogP contribution in [0.1, 0.15) is 27.5 Å². The molecule has 0 saturated carbocycles. The smallest absolute Gasteiger partial charge is 0.270 e. The maximum absolute atomic E-state index is 12.2. The van der Waals surface area contributed by atoms with E-state index in [1.165, 1.54) is 0 Å². The van der Waals surface area contributed by atoms with Gasteiger partial charge in [-0.3, -0.25) is 4.79 Å². The summed E-state index contributed by atoms with van der Waals surface area (Å²) in [5.74, 6) is 0.859. The molecule has 0 atom stereocenters. The Morgan fingerprint density at radius 2 is 1.92 bits per heavy atom. The second kappa shape index (κ2) is 7.41. The highest BCUT2D eigenvalue weighted by atomic mass is 16.3. The van der Waals surface area contributed by atoms with Gasteiger partial charge in [-0.25, -0.2) is 9.97 Å². The third-order valence-corrected chi connectivity index (χ3v) is 3.38. The van der Waals surface area contributed by atoms with Crippen molar-refractivity contribution < 1.29 is 9.21 Å². The number of rotatable bonds is 6. The van der Waals surface area contributed by atoms with Crippen molar-refractivity contribution in [2.45, 2.75) is 20.0 Å². The molecule has 0 saturated heterocycles. The Labute approximate surface area is 140 Å². The summed E-state index contributed by atoms with van der Waals surface area (Å²) in [5.41, 5.74) is 2.17. The van der Waals surface area contributed by atoms with Crippen molar-refractivity contribution >= 4 is 11.9 Å². The lowest BCUT2D eigenvalue weighted by Crippen LogP contribution is -2.24. The third-order valence-electron chi connectivity index (χ3n) is 3.38. The Bertz CT molecular complexity index is 801. The van der Waals surface area contributed by atoms with Crippen molar-refractivity contribution in [1.82, 2.24) is 15.3 Å². The standard InChI is InChI=1S/C18H18N4O2/c1-13-10-16(17(23)19-12-15-8-5-9-24-15)22-18(21-13)20-11-14-6-3-2-4-7-14/h2-10H,11-12H2,1H3,(H,19,23)(H,20,21,22). The fourth-order valence-electron chi connectivity index (χ4n) is 2.21. The van der Waals surface area contributed by atoms with Crippen LogP contribution in [-0.4, -0.2) is 15.9 Å². The summed E-state index contributed by atoms with van der Waals surface area (Å²) in [6.07, 6.45) is 1.57. The average Bonchev–Trinajstić information content (AvgIpc) is 3.12. The molecule has 3 rings (SSSR count). The van der Waals surface area contributed by atoms with Crippen molar-refractivity contribution in [3.63, 3.8) is 0 Å². The molecule has 1 aromatic carbocycles. The molecule has 122 valence electrons. The molecular weight excluding hydrogens is 304 g/mol. The van der Waals surface area contributed by atoms with Gasteiger partial charge in [-0.15, -0.1) is 0 Å². The van der Waals surface area contributed by atoms with Crippen molar-refractivity contribution in [1.29, 1.82) is 0 Å². The van der Waals surface area contributed by atoms with E-state index < -0.39 is 0 Å². The van der Waals surface area contributed by atoms with E-state index in [4.69, 9.17) is 4.42 Å². The molecule has 0 aliphatic carbocycles. The summed E-state index contributed by atoms with van der Waals surface area (Å²) in [7, 11) is 0. The maximum Gasteiger partial charge on any atom is 0.270 e. The zero-order chi connectivity index (χ0) is 16.8. The highest BCUT2D eigenvalue weighted by molar-refractivity contribution is 5.92. The summed E-state index contributed by atoms with van der Waals surface area (Å²) in [5, 5.41) is 5.92. The first-order valence-corrected chi connectivity index (χ1v) is 7.65. The van der Waals surface area contributed by atoms with Gasteiger partial charge in [-0.05, 0) is 30.7 Å². The number of amides is 1. The molecule has 6 nitrogen and oxygen atoms in total. The molecule has 0 aliphatic rings. The molecule has 24 heavy (non-hydrogen) atoms. The van der Waals surface area contributed by atoms with Gasteiger partial charge in [-0.1, -0.05) is 30.3 Å². The predicted molar refractivity (Wildman–Crippen MR) is 90.4 cm³/mol. The fraction of sp³-hybridized carbons (Fsp3) is 0.167. The summed E-state index contributed by atoms with van der Waals surface area (Å²) in [6, 6.07) is 15.2. The Balaban J connectivity index is 1.65. The number of aryl methyl sites for hydroxylation is 1. The third kappa shape index (κ3) is 4.19. The molecule has 2 heterocycles. The average molecular weight is 322 g/mol. The minimum Gasteiger partial charge on any atom is -0.467 e. The van der Waals surface area contributed by atoms with Crippen LogP contribution in [-0.2, 0) is 13.1 Å². The van der Waals surface area contributed by atoms with E-state index in [9.17, 15) is 4.79 Å². The number of nitrogens with one attached hydrogen (secondary N) is 2. The Morgan fingerprint density at radius 3 is 2.67 bits per heavy atom. The van der Waals surface area contributed by atoms with Gasteiger partial charge in [0, 0.05) is 12.2 Å². The molecule has 6 heteroatoms. The first-order chi connectivity index (χ1) is 11.7. The zero-order valence-electron chi connectivity index (χ0n) is 13.3. The Hall–Kier alpha value is -3.15. The van der Waals surface area contributed by atoms with Crippen molar-refractivity contribution in [2.75, 3.05) is 5.32 Å². The molecule has 2 aromatic heterocycles. The van der Waals surface area contributed by atoms with Gasteiger partial charge in [0.1, 0.15) is 11.5 Å². The maximum atomic E-state index is 12.2. The molecule has 1 amide bonds. The van der Waals surface area contributed by atoms with Gasteiger partial charge in [0.15, 0.2) is 0 Å². The lowest BCUT2D eigenvalue weighted by atomic mass is 10.2. The highest BCUT2D eigenvalue weighted by Gasteiger charge is 2.11. The number of hydrogen-bond donors (Lipinski definition) is 2. The number of carbonyl (C=O) groups is 1. The molecule has 0 fully saturated rings. The van der Waals surface area contributed by atoms with Crippen LogP contribution in [0.2, 0.25) is 0 Å². The van der Waals surface area contributed by atoms with E-state index in [1.54, 1.807) is 24.5 Å². The van der Waals surface area contributed by atoms with Crippen LogP contribution in [0.3, 0.4) is 0 Å². The number of nitrogens with zero attached hydrogens (tertiary/aromatic N) is 2. The SMILES string of the molecule is Cc1cc(C(=O)NCc2ccco2)nc(NCc2ccccc2)n1. The normalized spacial score (nSPS) is 10.4. The van der Waals surface area contributed by atoms with Gasteiger partial charge < -0.3 is 15.1 Å². The molecule has 0 unspecified atom stereocenters. The summed E-state index contributed by atoms with van der Waals surface area (Å²) in [6.45, 7) is 2.75. The summed E-state index contributed by atoms with van der Waals surface area (Å²) in [4.78, 5) is 20.9. The molecule has 3 aromatic rings. The largest absolute Gasteiger partial charge is 0.467 e. The van der Waals surface area contributed by atoms with E-state index in [0.717, 1.165) is 11.3 Å². The van der Waals surface area contributed by atoms with Crippen LogP contribution in [0.5, 0.6) is 0 Å². The lowest BCUT2D eigenvalue weighted by molar-refractivity contribution is 0.0943. The van der Waals surface area contributed by atoms with Crippen molar-refractivity contribution in [3.05, 3.63) is 77.5 Å². The van der Waals surface area contributed by atoms with Crippen molar-refractivity contribution in [2.24, 2.45) is 0 Å². The number of furan rings is 1. The van der Waals surface area contributed by atoms with E-state index in [-0.39, 0.29) is 5.91 Å². The van der Waals surface area contributed by atoms with Crippen LogP contribution in [0.15, 0.2) is 59.2 Å². The minimum absolute atomic E-state index is 0.264. The lowest BCUT2D eigenvalue weighted by Gasteiger charge is -2.08. The van der Waals surface area contributed by atoms with Gasteiger partial charge in [0.25, 0.3) is 5.91 Å². The van der Waals surface area contributed by atoms with E-state index in [0.29, 0.717) is 30.5 Å². The number of benzene rings is 1. The van der Waals surface area contributed by atoms with E-state index >= 15 is 0 Å². The Kier molecular flexibility index (Phi) is 4.86. The monoisotopic (exact) mass is 322 g/mol. The predicted octanol–water partition coefficient (Wildman–Crippen LogP) is 2.92. The zero-order valence-corrected chi connectivity index (χ0v) is 13.3. The summed E-state index contributed by atoms with van der Waals surface area (Å²) >= 11 is 0. The van der Waals surface area contributed by atoms with Gasteiger partial charge >= 0.3 is 0 Å². The molecular formula is C18H18N4O2. The van der Waals surface area contributed by atoms with Gasteiger partial charge in [0.2, 0.25) is 5.95 Å². The van der Waals surface area contributed by atoms with Gasteiger partial charge in [0.05, 0.1) is 12.8 Å². The highest BCUT2D eigenvalue weighted by Crippen LogP contribution is 2.08. The van der Waals surface area contributed by atoms with Crippen LogP contribution in [0.25, 0.3) is 0 Å². The van der Waals surface area contributed by atoms with Crippen LogP contribution < -0.4 is 10.6 Å². The second-order valence-corrected chi connectivity index (χ2v) is 5.32. The number of hydrogen-bond acceptors (Lipinski definition) is 5. The molecule has 0 radical (unpaired) electrons. The molecule has 0 bridgehead atoms. The first-order valence-electron chi connectivity index (χ1n) is 7.65. The second-order valence-electron chi connectivity index (χ2n) is 5.32. The molecule has 0 spiro atoms. The Morgan fingerprint density at radius 1 is 1.08 bits per heavy atom. The number of aromatic nitrogens is 2. The summed E-state index contributed by atoms with van der Waals surface area (Å²) < 4.78 is 5.19. The van der Waals surface area contributed by atoms with Crippen molar-refractivity contribution in [3.8, 4) is 0 Å². The van der Waals surface area contributed by atoms with Crippen LogP contribution >= 0.6 is 0 Å². The quantitative estimate of drug-likeness (QED) is 0.729. The molecule has 0 aliphatic heterocycles. The first kappa shape index (κ1) is 15.7. The van der Waals surface area contributed by atoms with E-state index in [1.807, 2.05) is 37.3 Å². The number of carbonyl (C=O) groups excluding carboxylic acids is 1. The van der Waals surface area contributed by atoms with Gasteiger partial charge in [-0.2, -0.15) is 0 Å². The number of anilines is 1. The fourth-order valence-corrected chi connectivity index (χ4v) is 2.21. The topological polar surface area (TPSA) is 80.0 Å². The van der Waals surface area contributed by atoms with Crippen LogP contribution in [0.4, 0.5) is 5.95 Å². The van der Waals surface area contributed by atoms with E-state index in [2.05, 4.69) is 20.6 Å².